The Balaban J connectivity index is 2.00. The first-order valence-electron chi connectivity index (χ1n) is 7.36. The van der Waals surface area contributed by atoms with E-state index >= 15 is 0 Å². The minimum absolute atomic E-state index is 0.0204. The Morgan fingerprint density at radius 1 is 1.26 bits per heavy atom. The molecule has 0 amide bonds. The van der Waals surface area contributed by atoms with Crippen molar-refractivity contribution in [3.05, 3.63) is 23.8 Å². The molecule has 0 saturated heterocycles. The molecule has 2 N–H and O–H groups in total. The second-order valence-corrected chi connectivity index (χ2v) is 5.51. The quantitative estimate of drug-likeness (QED) is 0.853. The lowest BCUT2D eigenvalue weighted by Gasteiger charge is -2.28. The van der Waals surface area contributed by atoms with Crippen LogP contribution in [0, 0.1) is 5.92 Å². The van der Waals surface area contributed by atoms with E-state index in [4.69, 9.17) is 4.74 Å². The van der Waals surface area contributed by atoms with E-state index in [1.165, 1.54) is 25.7 Å². The monoisotopic (exact) mass is 263 g/mol. The van der Waals surface area contributed by atoms with E-state index in [1.54, 1.807) is 0 Å². The van der Waals surface area contributed by atoms with Crippen LogP contribution in [0.1, 0.15) is 45.1 Å². The summed E-state index contributed by atoms with van der Waals surface area (Å²) in [4.78, 5) is 0. The van der Waals surface area contributed by atoms with Gasteiger partial charge in [0.05, 0.1) is 13.2 Å². The molecule has 2 rings (SSSR count). The van der Waals surface area contributed by atoms with Gasteiger partial charge in [-0.25, -0.2) is 0 Å². The van der Waals surface area contributed by atoms with Crippen LogP contribution in [0.5, 0.6) is 5.75 Å². The van der Waals surface area contributed by atoms with Gasteiger partial charge in [-0.05, 0) is 56.7 Å². The van der Waals surface area contributed by atoms with Gasteiger partial charge in [-0.3, -0.25) is 0 Å². The third-order valence-electron chi connectivity index (χ3n) is 3.92. The summed E-state index contributed by atoms with van der Waals surface area (Å²) in [6, 6.07) is 6.56. The van der Waals surface area contributed by atoms with Crippen molar-refractivity contribution in [2.45, 2.75) is 52.2 Å². The van der Waals surface area contributed by atoms with Gasteiger partial charge in [0.2, 0.25) is 0 Å². The highest BCUT2D eigenvalue weighted by Crippen LogP contribution is 2.28. The van der Waals surface area contributed by atoms with Gasteiger partial charge in [0.1, 0.15) is 5.75 Å². The van der Waals surface area contributed by atoms with Gasteiger partial charge in [-0.15, -0.1) is 0 Å². The van der Waals surface area contributed by atoms with Crippen LogP contribution < -0.4 is 10.1 Å². The molecule has 0 unspecified atom stereocenters. The Morgan fingerprint density at radius 3 is 2.63 bits per heavy atom. The van der Waals surface area contributed by atoms with E-state index in [0.29, 0.717) is 12.6 Å². The smallest absolute Gasteiger partial charge is 0.124 e. The van der Waals surface area contributed by atoms with Gasteiger partial charge < -0.3 is 15.2 Å². The summed E-state index contributed by atoms with van der Waals surface area (Å²) in [5, 5.41) is 13.0. The standard InChI is InChI=1S/C16H25NO2/c1-3-19-16-9-8-15(10-13(16)11-18)17-14-6-4-12(2)5-7-14/h8-10,12,14,17-18H,3-7,11H2,1-2H3. The Morgan fingerprint density at radius 2 is 2.00 bits per heavy atom. The summed E-state index contributed by atoms with van der Waals surface area (Å²) in [5.41, 5.74) is 1.95. The number of nitrogens with one attached hydrogen (secondary N) is 1. The van der Waals surface area contributed by atoms with E-state index in [-0.39, 0.29) is 6.61 Å². The Bertz CT molecular complexity index is 398. The molecular weight excluding hydrogens is 238 g/mol. The highest BCUT2D eigenvalue weighted by atomic mass is 16.5. The molecule has 3 heteroatoms. The van der Waals surface area contributed by atoms with Crippen LogP contribution in [0.2, 0.25) is 0 Å². The van der Waals surface area contributed by atoms with Crippen LogP contribution in [0.25, 0.3) is 0 Å². The van der Waals surface area contributed by atoms with Gasteiger partial charge in [0, 0.05) is 17.3 Å². The highest BCUT2D eigenvalue weighted by molar-refractivity contribution is 5.51. The second-order valence-electron chi connectivity index (χ2n) is 5.51. The molecule has 1 aromatic carbocycles. The number of benzene rings is 1. The van der Waals surface area contributed by atoms with E-state index in [0.717, 1.165) is 22.9 Å². The third kappa shape index (κ3) is 3.87. The van der Waals surface area contributed by atoms with Crippen molar-refractivity contribution in [3.8, 4) is 5.75 Å². The zero-order valence-corrected chi connectivity index (χ0v) is 12.0. The van der Waals surface area contributed by atoms with Gasteiger partial charge in [0.15, 0.2) is 0 Å². The molecule has 106 valence electrons. The van der Waals surface area contributed by atoms with Gasteiger partial charge in [-0.2, -0.15) is 0 Å². The number of rotatable bonds is 5. The Labute approximate surface area is 116 Å². The van der Waals surface area contributed by atoms with Crippen LogP contribution >= 0.6 is 0 Å². The predicted molar refractivity (Wildman–Crippen MR) is 78.6 cm³/mol. The van der Waals surface area contributed by atoms with Crippen LogP contribution in [-0.4, -0.2) is 17.8 Å². The van der Waals surface area contributed by atoms with Crippen molar-refractivity contribution >= 4 is 5.69 Å². The van der Waals surface area contributed by atoms with Crippen molar-refractivity contribution in [2.75, 3.05) is 11.9 Å². The fraction of sp³-hybridized carbons (Fsp3) is 0.625. The highest BCUT2D eigenvalue weighted by Gasteiger charge is 2.18. The molecule has 0 bridgehead atoms. The first kappa shape index (κ1) is 14.2. The molecule has 0 aromatic heterocycles. The molecule has 1 aliphatic carbocycles. The number of aliphatic hydroxyl groups excluding tert-OH is 1. The van der Waals surface area contributed by atoms with Crippen LogP contribution in [0.4, 0.5) is 5.69 Å². The second kappa shape index (κ2) is 6.80. The minimum atomic E-state index is 0.0204. The minimum Gasteiger partial charge on any atom is -0.494 e. The first-order chi connectivity index (χ1) is 9.22. The van der Waals surface area contributed by atoms with E-state index in [2.05, 4.69) is 12.2 Å². The summed E-state index contributed by atoms with van der Waals surface area (Å²) in [7, 11) is 0. The summed E-state index contributed by atoms with van der Waals surface area (Å²) in [5.74, 6) is 1.65. The predicted octanol–water partition coefficient (Wildman–Crippen LogP) is 3.57. The first-order valence-corrected chi connectivity index (χ1v) is 7.36. The van der Waals surface area contributed by atoms with Crippen molar-refractivity contribution in [1.82, 2.24) is 0 Å². The van der Waals surface area contributed by atoms with Crippen LogP contribution in [0.15, 0.2) is 18.2 Å². The largest absolute Gasteiger partial charge is 0.494 e. The Hall–Kier alpha value is -1.22. The van der Waals surface area contributed by atoms with Gasteiger partial charge in [0.25, 0.3) is 0 Å². The maximum atomic E-state index is 9.40. The summed E-state index contributed by atoms with van der Waals surface area (Å²) in [6.45, 7) is 4.93. The average molecular weight is 263 g/mol. The molecule has 1 saturated carbocycles. The van der Waals surface area contributed by atoms with Crippen molar-refractivity contribution in [3.63, 3.8) is 0 Å². The van der Waals surface area contributed by atoms with E-state index < -0.39 is 0 Å². The lowest BCUT2D eigenvalue weighted by molar-refractivity contribution is 0.267. The molecular formula is C16H25NO2. The van der Waals surface area contributed by atoms with Crippen LogP contribution in [-0.2, 0) is 6.61 Å². The lowest BCUT2D eigenvalue weighted by Crippen LogP contribution is -2.25. The number of aliphatic hydroxyl groups is 1. The molecule has 0 heterocycles. The van der Waals surface area contributed by atoms with Crippen molar-refractivity contribution in [1.29, 1.82) is 0 Å². The fourth-order valence-electron chi connectivity index (χ4n) is 2.73. The van der Waals surface area contributed by atoms with E-state index in [9.17, 15) is 5.11 Å². The molecule has 1 aromatic rings. The topological polar surface area (TPSA) is 41.5 Å². The fourth-order valence-corrected chi connectivity index (χ4v) is 2.73. The number of anilines is 1. The number of hydrogen-bond acceptors (Lipinski definition) is 3. The summed E-state index contributed by atoms with van der Waals surface area (Å²) in [6.07, 6.45) is 5.09. The van der Waals surface area contributed by atoms with Crippen molar-refractivity contribution in [2.24, 2.45) is 5.92 Å². The van der Waals surface area contributed by atoms with Gasteiger partial charge in [-0.1, -0.05) is 6.92 Å². The average Bonchev–Trinajstić information content (AvgIpc) is 2.43. The number of ether oxygens (including phenoxy) is 1. The molecule has 1 aliphatic rings. The molecule has 19 heavy (non-hydrogen) atoms. The maximum Gasteiger partial charge on any atom is 0.124 e. The molecule has 0 atom stereocenters. The third-order valence-corrected chi connectivity index (χ3v) is 3.92. The van der Waals surface area contributed by atoms with Crippen molar-refractivity contribution < 1.29 is 9.84 Å². The SMILES string of the molecule is CCOc1ccc(NC2CCC(C)CC2)cc1CO. The molecule has 0 radical (unpaired) electrons. The van der Waals surface area contributed by atoms with Gasteiger partial charge >= 0.3 is 0 Å². The molecule has 3 nitrogen and oxygen atoms in total. The maximum absolute atomic E-state index is 9.40. The molecule has 0 spiro atoms. The summed E-state index contributed by atoms with van der Waals surface area (Å²) < 4.78 is 5.50. The normalized spacial score (nSPS) is 23.1. The summed E-state index contributed by atoms with van der Waals surface area (Å²) >= 11 is 0. The lowest BCUT2D eigenvalue weighted by atomic mass is 9.87. The van der Waals surface area contributed by atoms with E-state index in [1.807, 2.05) is 25.1 Å². The zero-order chi connectivity index (χ0) is 13.7. The Kier molecular flexibility index (Phi) is 5.08. The molecule has 1 fully saturated rings. The zero-order valence-electron chi connectivity index (χ0n) is 12.0. The molecule has 0 aliphatic heterocycles. The number of hydrogen-bond donors (Lipinski definition) is 2. The van der Waals surface area contributed by atoms with Crippen LogP contribution in [0.3, 0.4) is 0 Å².